The lowest BCUT2D eigenvalue weighted by atomic mass is 10.1. The summed E-state index contributed by atoms with van der Waals surface area (Å²) in [6.45, 7) is 2.00. The van der Waals surface area contributed by atoms with Gasteiger partial charge < -0.3 is 9.63 Å². The van der Waals surface area contributed by atoms with Crippen molar-refractivity contribution in [3.8, 4) is 11.4 Å². The molecule has 0 spiro atoms. The molecule has 2 aromatic rings. The number of carboxylic acid groups (broad SMARTS) is 1. The lowest BCUT2D eigenvalue weighted by Gasteiger charge is -1.99. The van der Waals surface area contributed by atoms with Gasteiger partial charge in [-0.25, -0.2) is 0 Å². The molecule has 3 rings (SSSR count). The van der Waals surface area contributed by atoms with Crippen molar-refractivity contribution in [1.82, 2.24) is 10.1 Å². The van der Waals surface area contributed by atoms with Crippen LogP contribution in [0.1, 0.15) is 23.8 Å². The zero-order valence-corrected chi connectivity index (χ0v) is 11.7. The molecule has 1 saturated carbocycles. The number of hydrogen-bond donors (Lipinski definition) is 1. The minimum atomic E-state index is -0.803. The fraction of sp³-hybridized carbons (Fsp3) is 0.308. The highest BCUT2D eigenvalue weighted by atomic mass is 79.9. The standard InChI is InChI=1S/C13H11BrN2O3/c1-6-2-3-7(4-10(6)14)11-15-12(19-16-11)8-5-9(8)13(17)18/h2-4,8-9H,5H2,1H3,(H,17,18). The number of halogens is 1. The summed E-state index contributed by atoms with van der Waals surface area (Å²) in [7, 11) is 0. The maximum Gasteiger partial charge on any atom is 0.307 e. The normalized spacial score (nSPS) is 21.4. The Morgan fingerprint density at radius 2 is 2.32 bits per heavy atom. The van der Waals surface area contributed by atoms with Gasteiger partial charge in [-0.05, 0) is 25.0 Å². The summed E-state index contributed by atoms with van der Waals surface area (Å²) in [5.74, 6) is -0.403. The Morgan fingerprint density at radius 1 is 1.53 bits per heavy atom. The van der Waals surface area contributed by atoms with Crippen molar-refractivity contribution < 1.29 is 14.4 Å². The van der Waals surface area contributed by atoms with Crippen LogP contribution in [0, 0.1) is 12.8 Å². The predicted molar refractivity (Wildman–Crippen MR) is 70.7 cm³/mol. The number of benzene rings is 1. The van der Waals surface area contributed by atoms with Gasteiger partial charge in [0.05, 0.1) is 11.8 Å². The number of aryl methyl sites for hydroxylation is 1. The summed E-state index contributed by atoms with van der Waals surface area (Å²) < 4.78 is 6.13. The second-order valence-electron chi connectivity index (χ2n) is 4.71. The topological polar surface area (TPSA) is 76.2 Å². The van der Waals surface area contributed by atoms with Crippen LogP contribution in [-0.2, 0) is 4.79 Å². The molecule has 1 fully saturated rings. The average molecular weight is 323 g/mol. The van der Waals surface area contributed by atoms with Gasteiger partial charge in [0.15, 0.2) is 0 Å². The number of carboxylic acids is 1. The van der Waals surface area contributed by atoms with Crippen LogP contribution in [0.25, 0.3) is 11.4 Å². The minimum Gasteiger partial charge on any atom is -0.481 e. The molecule has 2 atom stereocenters. The van der Waals surface area contributed by atoms with Gasteiger partial charge in [0.1, 0.15) is 0 Å². The van der Waals surface area contributed by atoms with Crippen LogP contribution < -0.4 is 0 Å². The van der Waals surface area contributed by atoms with E-state index in [1.807, 2.05) is 25.1 Å². The molecule has 2 unspecified atom stereocenters. The molecule has 1 N–H and O–H groups in total. The van der Waals surface area contributed by atoms with E-state index >= 15 is 0 Å². The Kier molecular flexibility index (Phi) is 2.89. The SMILES string of the molecule is Cc1ccc(-c2noc(C3CC3C(=O)O)n2)cc1Br. The largest absolute Gasteiger partial charge is 0.481 e. The molecular formula is C13H11BrN2O3. The Hall–Kier alpha value is -1.69. The number of carbonyl (C=O) groups is 1. The van der Waals surface area contributed by atoms with Gasteiger partial charge in [0.25, 0.3) is 0 Å². The predicted octanol–water partition coefficient (Wildman–Crippen LogP) is 3.00. The number of nitrogens with zero attached hydrogens (tertiary/aromatic N) is 2. The average Bonchev–Trinajstić information content (AvgIpc) is 3.04. The highest BCUT2D eigenvalue weighted by molar-refractivity contribution is 9.10. The zero-order valence-electron chi connectivity index (χ0n) is 10.1. The summed E-state index contributed by atoms with van der Waals surface area (Å²) in [5.41, 5.74) is 1.97. The lowest BCUT2D eigenvalue weighted by Crippen LogP contribution is -1.98. The maximum atomic E-state index is 10.8. The number of hydrogen-bond acceptors (Lipinski definition) is 4. The quantitative estimate of drug-likeness (QED) is 0.940. The molecule has 1 aromatic heterocycles. The maximum absolute atomic E-state index is 10.8. The van der Waals surface area contributed by atoms with E-state index in [9.17, 15) is 4.79 Å². The smallest absolute Gasteiger partial charge is 0.307 e. The van der Waals surface area contributed by atoms with E-state index in [1.54, 1.807) is 0 Å². The van der Waals surface area contributed by atoms with E-state index < -0.39 is 5.97 Å². The summed E-state index contributed by atoms with van der Waals surface area (Å²) in [4.78, 5) is 15.1. The van der Waals surface area contributed by atoms with Gasteiger partial charge in [0, 0.05) is 10.0 Å². The van der Waals surface area contributed by atoms with Gasteiger partial charge in [0.2, 0.25) is 11.7 Å². The van der Waals surface area contributed by atoms with E-state index in [4.69, 9.17) is 9.63 Å². The number of aliphatic carboxylic acids is 1. The van der Waals surface area contributed by atoms with E-state index in [0.717, 1.165) is 15.6 Å². The van der Waals surface area contributed by atoms with Crippen molar-refractivity contribution in [3.63, 3.8) is 0 Å². The van der Waals surface area contributed by atoms with Crippen LogP contribution in [-0.4, -0.2) is 21.2 Å². The fourth-order valence-electron chi connectivity index (χ4n) is 1.98. The van der Waals surface area contributed by atoms with Crippen LogP contribution in [0.4, 0.5) is 0 Å². The van der Waals surface area contributed by atoms with Gasteiger partial charge in [-0.3, -0.25) is 4.79 Å². The first-order chi connectivity index (χ1) is 9.06. The summed E-state index contributed by atoms with van der Waals surface area (Å²) >= 11 is 3.46. The van der Waals surface area contributed by atoms with Gasteiger partial charge in [-0.1, -0.05) is 33.2 Å². The highest BCUT2D eigenvalue weighted by Crippen LogP contribution is 2.47. The van der Waals surface area contributed by atoms with Gasteiger partial charge >= 0.3 is 5.97 Å². The number of rotatable bonds is 3. The van der Waals surface area contributed by atoms with Gasteiger partial charge in [-0.2, -0.15) is 4.98 Å². The van der Waals surface area contributed by atoms with E-state index in [2.05, 4.69) is 26.1 Å². The Bertz CT molecular complexity index is 653. The molecule has 1 aliphatic carbocycles. The van der Waals surface area contributed by atoms with E-state index in [1.165, 1.54) is 0 Å². The van der Waals surface area contributed by atoms with Gasteiger partial charge in [-0.15, -0.1) is 0 Å². The van der Waals surface area contributed by atoms with Crippen LogP contribution >= 0.6 is 15.9 Å². The molecule has 1 heterocycles. The van der Waals surface area contributed by atoms with E-state index in [0.29, 0.717) is 18.1 Å². The van der Waals surface area contributed by atoms with Crippen molar-refractivity contribution in [1.29, 1.82) is 0 Å². The molecule has 5 nitrogen and oxygen atoms in total. The van der Waals surface area contributed by atoms with Crippen molar-refractivity contribution in [2.24, 2.45) is 5.92 Å². The summed E-state index contributed by atoms with van der Waals surface area (Å²) in [6.07, 6.45) is 0.578. The molecule has 19 heavy (non-hydrogen) atoms. The van der Waals surface area contributed by atoms with E-state index in [-0.39, 0.29) is 11.8 Å². The second kappa shape index (κ2) is 4.45. The first kappa shape index (κ1) is 12.3. The monoisotopic (exact) mass is 322 g/mol. The zero-order chi connectivity index (χ0) is 13.6. The second-order valence-corrected chi connectivity index (χ2v) is 5.56. The third kappa shape index (κ3) is 2.28. The third-order valence-corrected chi connectivity index (χ3v) is 4.15. The summed E-state index contributed by atoms with van der Waals surface area (Å²) in [5, 5.41) is 12.8. The molecule has 1 aromatic carbocycles. The Morgan fingerprint density at radius 3 is 2.95 bits per heavy atom. The molecule has 98 valence electrons. The lowest BCUT2D eigenvalue weighted by molar-refractivity contribution is -0.138. The molecule has 0 bridgehead atoms. The van der Waals surface area contributed by atoms with Crippen molar-refractivity contribution >= 4 is 21.9 Å². The third-order valence-electron chi connectivity index (χ3n) is 3.30. The molecule has 1 aliphatic rings. The Labute approximate surface area is 117 Å². The van der Waals surface area contributed by atoms with Crippen LogP contribution in [0.3, 0.4) is 0 Å². The van der Waals surface area contributed by atoms with Crippen LogP contribution in [0.5, 0.6) is 0 Å². The molecular weight excluding hydrogens is 312 g/mol. The van der Waals surface area contributed by atoms with Crippen LogP contribution in [0.15, 0.2) is 27.2 Å². The molecule has 6 heteroatoms. The van der Waals surface area contributed by atoms with Crippen LogP contribution in [0.2, 0.25) is 0 Å². The molecule has 0 amide bonds. The fourth-order valence-corrected chi connectivity index (χ4v) is 2.35. The minimum absolute atomic E-state index is 0.132. The first-order valence-electron chi connectivity index (χ1n) is 5.89. The molecule has 0 radical (unpaired) electrons. The highest BCUT2D eigenvalue weighted by Gasteiger charge is 2.48. The summed E-state index contributed by atoms with van der Waals surface area (Å²) in [6, 6.07) is 5.80. The molecule has 0 saturated heterocycles. The number of aromatic nitrogens is 2. The molecule has 0 aliphatic heterocycles. The van der Waals surface area contributed by atoms with Crippen molar-refractivity contribution in [3.05, 3.63) is 34.1 Å². The van der Waals surface area contributed by atoms with Crippen molar-refractivity contribution in [2.75, 3.05) is 0 Å². The Balaban J connectivity index is 1.85. The van der Waals surface area contributed by atoms with Crippen molar-refractivity contribution in [2.45, 2.75) is 19.3 Å². The first-order valence-corrected chi connectivity index (χ1v) is 6.68.